The van der Waals surface area contributed by atoms with Gasteiger partial charge in [0.2, 0.25) is 0 Å². The van der Waals surface area contributed by atoms with Gasteiger partial charge in [0, 0.05) is 28.9 Å². The molecule has 106 valence electrons. The Balaban J connectivity index is 1.78. The summed E-state index contributed by atoms with van der Waals surface area (Å²) in [6, 6.07) is 6.73. The van der Waals surface area contributed by atoms with Crippen LogP contribution in [0.25, 0.3) is 0 Å². The maximum Gasteiger partial charge on any atom is 0.174 e. The van der Waals surface area contributed by atoms with Crippen LogP contribution in [-0.2, 0) is 13.0 Å². The van der Waals surface area contributed by atoms with Crippen molar-refractivity contribution >= 4 is 34.9 Å². The Kier molecular flexibility index (Phi) is 4.61. The van der Waals surface area contributed by atoms with Crippen LogP contribution in [0.2, 0.25) is 5.02 Å². The van der Waals surface area contributed by atoms with Crippen molar-refractivity contribution in [3.63, 3.8) is 0 Å². The Morgan fingerprint density at radius 2 is 2.30 bits per heavy atom. The Bertz CT molecular complexity index is 596. The van der Waals surface area contributed by atoms with Gasteiger partial charge < -0.3 is 5.32 Å². The summed E-state index contributed by atoms with van der Waals surface area (Å²) in [4.78, 5) is 5.68. The molecule has 2 aromatic rings. The van der Waals surface area contributed by atoms with Crippen LogP contribution in [0, 0.1) is 0 Å². The number of nitrogens with one attached hydrogen (secondary N) is 1. The minimum atomic E-state index is 0.678. The predicted molar refractivity (Wildman–Crippen MR) is 84.7 cm³/mol. The van der Waals surface area contributed by atoms with E-state index in [-0.39, 0.29) is 0 Å². The van der Waals surface area contributed by atoms with Gasteiger partial charge >= 0.3 is 0 Å². The van der Waals surface area contributed by atoms with Gasteiger partial charge in [0.1, 0.15) is 5.82 Å². The third-order valence-electron chi connectivity index (χ3n) is 3.18. The monoisotopic (exact) mass is 325 g/mol. The number of rotatable bonds is 6. The molecule has 1 aliphatic carbocycles. The number of benzene rings is 1. The number of hydrogen-bond acceptors (Lipinski definition) is 5. The lowest BCUT2D eigenvalue weighted by Crippen LogP contribution is -2.16. The van der Waals surface area contributed by atoms with Gasteiger partial charge in [-0.15, -0.1) is 0 Å². The molecule has 0 bridgehead atoms. The standard InChI is InChI=1S/C14H16ClN3S2/c1-2-13-17-14(20-18-13)19-12-5-3-4-11(15)10(12)8-16-9-6-7-9/h3-5,9,16H,2,6-8H2,1H3. The number of aryl methyl sites for hydroxylation is 1. The summed E-state index contributed by atoms with van der Waals surface area (Å²) in [7, 11) is 0. The molecule has 1 aromatic heterocycles. The summed E-state index contributed by atoms with van der Waals surface area (Å²) in [5.74, 6) is 0.914. The van der Waals surface area contributed by atoms with E-state index in [1.807, 2.05) is 12.1 Å². The van der Waals surface area contributed by atoms with Crippen LogP contribution in [0.4, 0.5) is 0 Å². The van der Waals surface area contributed by atoms with Gasteiger partial charge in [-0.2, -0.15) is 4.37 Å². The van der Waals surface area contributed by atoms with E-state index in [1.54, 1.807) is 11.8 Å². The summed E-state index contributed by atoms with van der Waals surface area (Å²) < 4.78 is 5.31. The maximum absolute atomic E-state index is 6.35. The first-order chi connectivity index (χ1) is 9.76. The van der Waals surface area contributed by atoms with Gasteiger partial charge in [0.25, 0.3) is 0 Å². The predicted octanol–water partition coefficient (Wildman–Crippen LogP) is 4.16. The highest BCUT2D eigenvalue weighted by Gasteiger charge is 2.21. The van der Waals surface area contributed by atoms with Crippen LogP contribution >= 0.6 is 34.9 Å². The zero-order chi connectivity index (χ0) is 13.9. The number of halogens is 1. The van der Waals surface area contributed by atoms with Crippen molar-refractivity contribution in [3.05, 3.63) is 34.6 Å². The van der Waals surface area contributed by atoms with Gasteiger partial charge in [-0.25, -0.2) is 4.98 Å². The van der Waals surface area contributed by atoms with Crippen LogP contribution in [0.3, 0.4) is 0 Å². The first kappa shape index (κ1) is 14.3. The van der Waals surface area contributed by atoms with Gasteiger partial charge in [-0.05, 0) is 42.1 Å². The van der Waals surface area contributed by atoms with Gasteiger partial charge in [0.15, 0.2) is 4.34 Å². The minimum Gasteiger partial charge on any atom is -0.310 e. The van der Waals surface area contributed by atoms with E-state index in [0.29, 0.717) is 6.04 Å². The molecule has 1 aliphatic rings. The molecule has 1 aromatic carbocycles. The maximum atomic E-state index is 6.35. The largest absolute Gasteiger partial charge is 0.310 e. The summed E-state index contributed by atoms with van der Waals surface area (Å²) in [5, 5.41) is 4.35. The third-order valence-corrected chi connectivity index (χ3v) is 5.43. The number of hydrogen-bond donors (Lipinski definition) is 1. The fourth-order valence-electron chi connectivity index (χ4n) is 1.86. The molecule has 20 heavy (non-hydrogen) atoms. The lowest BCUT2D eigenvalue weighted by molar-refractivity contribution is 0.680. The molecule has 0 radical (unpaired) electrons. The summed E-state index contributed by atoms with van der Waals surface area (Å²) in [5.41, 5.74) is 1.17. The van der Waals surface area contributed by atoms with Crippen molar-refractivity contribution in [1.82, 2.24) is 14.7 Å². The second-order valence-corrected chi connectivity index (χ2v) is 7.25. The highest BCUT2D eigenvalue weighted by atomic mass is 35.5. The molecule has 3 rings (SSSR count). The molecular weight excluding hydrogens is 310 g/mol. The van der Waals surface area contributed by atoms with Crippen molar-refractivity contribution in [2.75, 3.05) is 0 Å². The van der Waals surface area contributed by atoms with Crippen LogP contribution in [0.5, 0.6) is 0 Å². The lowest BCUT2D eigenvalue weighted by Gasteiger charge is -2.10. The van der Waals surface area contributed by atoms with Crippen molar-refractivity contribution in [2.45, 2.75) is 48.0 Å². The molecule has 0 amide bonds. The zero-order valence-electron chi connectivity index (χ0n) is 11.2. The smallest absolute Gasteiger partial charge is 0.174 e. The molecule has 0 saturated heterocycles. The lowest BCUT2D eigenvalue weighted by atomic mass is 10.2. The third kappa shape index (κ3) is 3.52. The SMILES string of the molecule is CCc1nsc(Sc2cccc(Cl)c2CNC2CC2)n1. The molecule has 0 aliphatic heterocycles. The highest BCUT2D eigenvalue weighted by Crippen LogP contribution is 2.35. The fourth-order valence-corrected chi connectivity index (χ4v) is 3.98. The minimum absolute atomic E-state index is 0.678. The van der Waals surface area contributed by atoms with Crippen molar-refractivity contribution < 1.29 is 0 Å². The fraction of sp³-hybridized carbons (Fsp3) is 0.429. The van der Waals surface area contributed by atoms with Gasteiger partial charge in [-0.3, -0.25) is 0 Å². The Hall–Kier alpha value is -0.620. The molecule has 0 atom stereocenters. The Labute approximate surface area is 132 Å². The zero-order valence-corrected chi connectivity index (χ0v) is 13.6. The average Bonchev–Trinajstić information content (AvgIpc) is 3.16. The van der Waals surface area contributed by atoms with Crippen molar-refractivity contribution in [1.29, 1.82) is 0 Å². The molecule has 0 spiro atoms. The highest BCUT2D eigenvalue weighted by molar-refractivity contribution is 8.01. The van der Waals surface area contributed by atoms with Crippen LogP contribution in [0.1, 0.15) is 31.2 Å². The van der Waals surface area contributed by atoms with E-state index >= 15 is 0 Å². The second kappa shape index (κ2) is 6.43. The number of aromatic nitrogens is 2. The molecular formula is C14H16ClN3S2. The molecule has 6 heteroatoms. The van der Waals surface area contributed by atoms with Gasteiger partial charge in [0.05, 0.1) is 0 Å². The van der Waals surface area contributed by atoms with E-state index in [1.165, 1.54) is 34.8 Å². The van der Waals surface area contributed by atoms with E-state index in [0.717, 1.165) is 28.2 Å². The Morgan fingerprint density at radius 3 is 3.00 bits per heavy atom. The van der Waals surface area contributed by atoms with Crippen molar-refractivity contribution in [3.8, 4) is 0 Å². The van der Waals surface area contributed by atoms with Crippen LogP contribution < -0.4 is 5.32 Å². The molecule has 1 saturated carbocycles. The summed E-state index contributed by atoms with van der Waals surface area (Å²) >= 11 is 9.46. The molecule has 3 nitrogen and oxygen atoms in total. The van der Waals surface area contributed by atoms with E-state index in [2.05, 4.69) is 27.7 Å². The topological polar surface area (TPSA) is 37.8 Å². The quantitative estimate of drug-likeness (QED) is 0.865. The normalized spacial score (nSPS) is 14.7. The van der Waals surface area contributed by atoms with E-state index in [9.17, 15) is 0 Å². The summed E-state index contributed by atoms with van der Waals surface area (Å²) in [6.45, 7) is 2.90. The van der Waals surface area contributed by atoms with Crippen LogP contribution in [0.15, 0.2) is 27.4 Å². The molecule has 1 heterocycles. The van der Waals surface area contributed by atoms with E-state index < -0.39 is 0 Å². The van der Waals surface area contributed by atoms with Crippen molar-refractivity contribution in [2.24, 2.45) is 0 Å². The molecule has 1 N–H and O–H groups in total. The van der Waals surface area contributed by atoms with Crippen LogP contribution in [-0.4, -0.2) is 15.4 Å². The Morgan fingerprint density at radius 1 is 1.45 bits per heavy atom. The summed E-state index contributed by atoms with van der Waals surface area (Å²) in [6.07, 6.45) is 3.44. The first-order valence-electron chi connectivity index (χ1n) is 6.77. The molecule has 0 unspecified atom stereocenters. The first-order valence-corrected chi connectivity index (χ1v) is 8.74. The average molecular weight is 326 g/mol. The molecule has 1 fully saturated rings. The second-order valence-electron chi connectivity index (χ2n) is 4.80. The number of nitrogens with zero attached hydrogens (tertiary/aromatic N) is 2. The van der Waals surface area contributed by atoms with E-state index in [4.69, 9.17) is 11.6 Å². The van der Waals surface area contributed by atoms with Gasteiger partial charge in [-0.1, -0.05) is 36.4 Å².